The quantitative estimate of drug-likeness (QED) is 0.474. The van der Waals surface area contributed by atoms with Gasteiger partial charge in [-0.15, -0.1) is 0 Å². The van der Waals surface area contributed by atoms with Crippen LogP contribution in [0.3, 0.4) is 0 Å². The Labute approximate surface area is 146 Å². The van der Waals surface area contributed by atoms with Gasteiger partial charge in [0.2, 0.25) is 12.7 Å². The van der Waals surface area contributed by atoms with Gasteiger partial charge in [-0.2, -0.15) is 0 Å². The monoisotopic (exact) mass is 346 g/mol. The molecule has 7 nitrogen and oxygen atoms in total. The van der Waals surface area contributed by atoms with Gasteiger partial charge in [-0.1, -0.05) is 6.92 Å². The van der Waals surface area contributed by atoms with Gasteiger partial charge >= 0.3 is 0 Å². The number of benzene rings is 1. The van der Waals surface area contributed by atoms with E-state index in [4.69, 9.17) is 9.47 Å². The summed E-state index contributed by atoms with van der Waals surface area (Å²) in [4.78, 5) is 24.9. The zero-order valence-electron chi connectivity index (χ0n) is 14.4. The van der Waals surface area contributed by atoms with E-state index in [1.54, 1.807) is 11.9 Å². The van der Waals surface area contributed by atoms with Gasteiger partial charge in [0, 0.05) is 19.2 Å². The SMILES string of the molecule is CC1CCC(N(C)C(=O)C=Cc2cc3c(cc2[N+](=O)[O-])OCO3)CC1. The Balaban J connectivity index is 1.75. The molecule has 1 saturated carbocycles. The van der Waals surface area contributed by atoms with Gasteiger partial charge < -0.3 is 14.4 Å². The van der Waals surface area contributed by atoms with Crippen LogP contribution in [0, 0.1) is 16.0 Å². The summed E-state index contributed by atoms with van der Waals surface area (Å²) >= 11 is 0. The minimum Gasteiger partial charge on any atom is -0.454 e. The Morgan fingerprint density at radius 2 is 1.88 bits per heavy atom. The molecule has 1 heterocycles. The summed E-state index contributed by atoms with van der Waals surface area (Å²) in [7, 11) is 1.79. The molecule has 1 amide bonds. The number of hydrogen-bond acceptors (Lipinski definition) is 5. The van der Waals surface area contributed by atoms with E-state index in [9.17, 15) is 14.9 Å². The topological polar surface area (TPSA) is 81.9 Å². The highest BCUT2D eigenvalue weighted by atomic mass is 16.7. The fraction of sp³-hybridized carbons (Fsp3) is 0.500. The van der Waals surface area contributed by atoms with E-state index in [0.29, 0.717) is 23.0 Å². The summed E-state index contributed by atoms with van der Waals surface area (Å²) < 4.78 is 10.4. The molecule has 1 aliphatic heterocycles. The van der Waals surface area contributed by atoms with Crippen molar-refractivity contribution in [2.24, 2.45) is 5.92 Å². The number of nitrogens with zero attached hydrogens (tertiary/aromatic N) is 2. The number of carbonyl (C=O) groups is 1. The summed E-state index contributed by atoms with van der Waals surface area (Å²) in [6.45, 7) is 2.28. The first-order chi connectivity index (χ1) is 12.0. The van der Waals surface area contributed by atoms with E-state index in [2.05, 4.69) is 6.92 Å². The molecule has 0 aromatic heterocycles. The third kappa shape index (κ3) is 3.75. The number of hydrogen-bond donors (Lipinski definition) is 0. The number of fused-ring (bicyclic) bond motifs is 1. The van der Waals surface area contributed by atoms with Crippen molar-refractivity contribution in [2.45, 2.75) is 38.6 Å². The fourth-order valence-corrected chi connectivity index (χ4v) is 3.33. The number of likely N-dealkylation sites (N-methyl/N-ethyl adjacent to an activating group) is 1. The predicted molar refractivity (Wildman–Crippen MR) is 92.4 cm³/mol. The van der Waals surface area contributed by atoms with Crippen molar-refractivity contribution in [1.82, 2.24) is 4.90 Å². The lowest BCUT2D eigenvalue weighted by atomic mass is 9.87. The van der Waals surface area contributed by atoms with Crippen molar-refractivity contribution in [2.75, 3.05) is 13.8 Å². The average Bonchev–Trinajstić information content (AvgIpc) is 3.06. The first kappa shape index (κ1) is 17.3. The number of amides is 1. The highest BCUT2D eigenvalue weighted by molar-refractivity contribution is 5.92. The number of carbonyl (C=O) groups excluding carboxylic acids is 1. The second kappa shape index (κ2) is 7.13. The molecule has 7 heteroatoms. The van der Waals surface area contributed by atoms with E-state index in [0.717, 1.165) is 25.7 Å². The first-order valence-corrected chi connectivity index (χ1v) is 8.48. The van der Waals surface area contributed by atoms with Crippen LogP contribution in [0.5, 0.6) is 11.5 Å². The van der Waals surface area contributed by atoms with Crippen LogP contribution in [-0.4, -0.2) is 35.6 Å². The van der Waals surface area contributed by atoms with Crippen LogP contribution >= 0.6 is 0 Å². The molecule has 0 bridgehead atoms. The lowest BCUT2D eigenvalue weighted by Gasteiger charge is -2.33. The number of nitro groups is 1. The number of rotatable bonds is 4. The zero-order valence-corrected chi connectivity index (χ0v) is 14.4. The Hall–Kier alpha value is -2.57. The van der Waals surface area contributed by atoms with Crippen molar-refractivity contribution < 1.29 is 19.2 Å². The van der Waals surface area contributed by atoms with Gasteiger partial charge in [-0.3, -0.25) is 14.9 Å². The highest BCUT2D eigenvalue weighted by Crippen LogP contribution is 2.38. The molecule has 0 spiro atoms. The molecule has 2 aliphatic rings. The summed E-state index contributed by atoms with van der Waals surface area (Å²) in [6.07, 6.45) is 7.12. The first-order valence-electron chi connectivity index (χ1n) is 8.48. The molecule has 1 aromatic carbocycles. The predicted octanol–water partition coefficient (Wildman–Crippen LogP) is 3.37. The molecule has 0 saturated heterocycles. The Bertz CT molecular complexity index is 708. The van der Waals surface area contributed by atoms with Crippen LogP contribution in [-0.2, 0) is 4.79 Å². The van der Waals surface area contributed by atoms with Gasteiger partial charge in [0.1, 0.15) is 0 Å². The third-order valence-electron chi connectivity index (χ3n) is 5.00. The molecule has 0 unspecified atom stereocenters. The van der Waals surface area contributed by atoms with Gasteiger partial charge in [-0.05, 0) is 43.7 Å². The summed E-state index contributed by atoms with van der Waals surface area (Å²) in [5.74, 6) is 1.37. The number of nitro benzene ring substituents is 1. The van der Waals surface area contributed by atoms with Crippen LogP contribution in [0.2, 0.25) is 0 Å². The third-order valence-corrected chi connectivity index (χ3v) is 5.00. The van der Waals surface area contributed by atoms with Crippen molar-refractivity contribution in [3.05, 3.63) is 33.9 Å². The summed E-state index contributed by atoms with van der Waals surface area (Å²) in [5, 5.41) is 11.3. The lowest BCUT2D eigenvalue weighted by molar-refractivity contribution is -0.385. The molecule has 0 radical (unpaired) electrons. The molecule has 0 N–H and O–H groups in total. The van der Waals surface area contributed by atoms with Crippen LogP contribution in [0.1, 0.15) is 38.2 Å². The van der Waals surface area contributed by atoms with Gasteiger partial charge in [0.05, 0.1) is 16.6 Å². The van der Waals surface area contributed by atoms with Crippen LogP contribution in [0.25, 0.3) is 6.08 Å². The Morgan fingerprint density at radius 3 is 2.52 bits per heavy atom. The maximum absolute atomic E-state index is 12.4. The van der Waals surface area contributed by atoms with Crippen molar-refractivity contribution in [3.8, 4) is 11.5 Å². The fourth-order valence-electron chi connectivity index (χ4n) is 3.33. The molecule has 0 atom stereocenters. The maximum atomic E-state index is 12.4. The van der Waals surface area contributed by atoms with E-state index in [-0.39, 0.29) is 24.4 Å². The van der Waals surface area contributed by atoms with Gasteiger partial charge in [0.25, 0.3) is 5.69 Å². The van der Waals surface area contributed by atoms with Crippen molar-refractivity contribution >= 4 is 17.7 Å². The van der Waals surface area contributed by atoms with Crippen molar-refractivity contribution in [3.63, 3.8) is 0 Å². The van der Waals surface area contributed by atoms with Gasteiger partial charge in [0.15, 0.2) is 11.5 Å². The maximum Gasteiger partial charge on any atom is 0.280 e. The number of ether oxygens (including phenoxy) is 2. The summed E-state index contributed by atoms with van der Waals surface area (Å²) in [5.41, 5.74) is 0.218. The van der Waals surface area contributed by atoms with Crippen molar-refractivity contribution in [1.29, 1.82) is 0 Å². The second-order valence-electron chi connectivity index (χ2n) is 6.72. The van der Waals surface area contributed by atoms with E-state index >= 15 is 0 Å². The molecule has 1 aliphatic carbocycles. The molecular formula is C18H22N2O5. The standard InChI is InChI=1S/C18H22N2O5/c1-12-3-6-14(7-4-12)19(2)18(21)8-5-13-9-16-17(25-11-24-16)10-15(13)20(22)23/h5,8-10,12,14H,3-4,6-7,11H2,1-2H3. The Kier molecular flexibility index (Phi) is 4.92. The molecular weight excluding hydrogens is 324 g/mol. The van der Waals surface area contributed by atoms with Crippen LogP contribution in [0.15, 0.2) is 18.2 Å². The van der Waals surface area contributed by atoms with E-state index in [1.807, 2.05) is 0 Å². The smallest absolute Gasteiger partial charge is 0.280 e. The average molecular weight is 346 g/mol. The normalized spacial score (nSPS) is 22.2. The van der Waals surface area contributed by atoms with Crippen LogP contribution in [0.4, 0.5) is 5.69 Å². The highest BCUT2D eigenvalue weighted by Gasteiger charge is 2.25. The van der Waals surface area contributed by atoms with E-state index in [1.165, 1.54) is 24.3 Å². The minimum absolute atomic E-state index is 0.0431. The zero-order chi connectivity index (χ0) is 18.0. The summed E-state index contributed by atoms with van der Waals surface area (Å²) in [6, 6.07) is 3.10. The molecule has 1 fully saturated rings. The molecule has 1 aromatic rings. The molecule has 3 rings (SSSR count). The Morgan fingerprint density at radius 1 is 1.24 bits per heavy atom. The molecule has 134 valence electrons. The molecule has 25 heavy (non-hydrogen) atoms. The second-order valence-corrected chi connectivity index (χ2v) is 6.72. The largest absolute Gasteiger partial charge is 0.454 e. The van der Waals surface area contributed by atoms with Gasteiger partial charge in [-0.25, -0.2) is 0 Å². The van der Waals surface area contributed by atoms with E-state index < -0.39 is 4.92 Å². The lowest BCUT2D eigenvalue weighted by Crippen LogP contribution is -2.38. The van der Waals surface area contributed by atoms with Crippen LogP contribution < -0.4 is 9.47 Å². The minimum atomic E-state index is -0.488.